The number of carbonyl (C=O) groups excluding carboxylic acids is 1. The molecule has 1 aromatic heterocycles. The molecule has 0 radical (unpaired) electrons. The van der Waals surface area contributed by atoms with Gasteiger partial charge < -0.3 is 5.32 Å². The van der Waals surface area contributed by atoms with Crippen molar-refractivity contribution in [3.8, 4) is 0 Å². The molecule has 22 heavy (non-hydrogen) atoms. The minimum Gasteiger partial charge on any atom is -0.320 e. The van der Waals surface area contributed by atoms with Crippen molar-refractivity contribution in [1.82, 2.24) is 9.55 Å². The summed E-state index contributed by atoms with van der Waals surface area (Å²) in [6.45, 7) is 0. The molecule has 0 saturated heterocycles. The largest absolute Gasteiger partial charge is 0.329 e. The minimum absolute atomic E-state index is 0.206. The topological polar surface area (TPSA) is 99.6 Å². The average Bonchev–Trinajstić information content (AvgIpc) is 2.80. The molecule has 0 bridgehead atoms. The number of hydrogen-bond acceptors (Lipinski definition) is 5. The van der Waals surface area contributed by atoms with Crippen LogP contribution in [0.5, 0.6) is 0 Å². The number of H-pyrrole nitrogens is 1. The van der Waals surface area contributed by atoms with E-state index in [2.05, 4.69) is 15.4 Å². The van der Waals surface area contributed by atoms with Crippen molar-refractivity contribution >= 4 is 23.1 Å². The van der Waals surface area contributed by atoms with Crippen LogP contribution in [0.25, 0.3) is 0 Å². The summed E-state index contributed by atoms with van der Waals surface area (Å²) in [7, 11) is 2.92. The first kappa shape index (κ1) is 13.8. The van der Waals surface area contributed by atoms with Gasteiger partial charge in [0.05, 0.1) is 5.69 Å². The Morgan fingerprint density at radius 1 is 1.18 bits per heavy atom. The van der Waals surface area contributed by atoms with Gasteiger partial charge in [-0.25, -0.2) is 4.79 Å². The van der Waals surface area contributed by atoms with Gasteiger partial charge >= 0.3 is 5.69 Å². The fourth-order valence-electron chi connectivity index (χ4n) is 2.12. The molecule has 2 aromatic rings. The van der Waals surface area contributed by atoms with Crippen LogP contribution in [-0.2, 0) is 11.8 Å². The molecule has 0 unspecified atom stereocenters. The molecular weight excluding hydrogens is 286 g/mol. The molecule has 0 fully saturated rings. The molecule has 1 aromatic carbocycles. The van der Waals surface area contributed by atoms with Gasteiger partial charge in [-0.15, -0.1) is 0 Å². The molecule has 0 aliphatic carbocycles. The van der Waals surface area contributed by atoms with Crippen molar-refractivity contribution in [2.24, 2.45) is 12.1 Å². The number of benzene rings is 1. The normalized spacial score (nSPS) is 14.8. The van der Waals surface area contributed by atoms with E-state index in [4.69, 9.17) is 0 Å². The van der Waals surface area contributed by atoms with Crippen LogP contribution in [0.4, 0.5) is 11.5 Å². The van der Waals surface area contributed by atoms with Crippen molar-refractivity contribution < 1.29 is 4.79 Å². The summed E-state index contributed by atoms with van der Waals surface area (Å²) >= 11 is 0. The van der Waals surface area contributed by atoms with E-state index in [9.17, 15) is 14.4 Å². The summed E-state index contributed by atoms with van der Waals surface area (Å²) in [5.74, 6) is -0.128. The standard InChI is InChI=1S/C14H13N5O3/c1-18-11(20)7-10(16-14(18)22)19(2)17-12-8-5-3-4-6-9(8)15-13(12)21/h3-7H,1-2H3,(H,16,22)(H,15,17,21). The van der Waals surface area contributed by atoms with Gasteiger partial charge in [0.25, 0.3) is 11.5 Å². The van der Waals surface area contributed by atoms with E-state index in [0.29, 0.717) is 11.3 Å². The number of aromatic nitrogens is 2. The first-order valence-corrected chi connectivity index (χ1v) is 6.51. The number of nitrogens with zero attached hydrogens (tertiary/aromatic N) is 3. The Balaban J connectivity index is 2.04. The van der Waals surface area contributed by atoms with E-state index in [0.717, 1.165) is 4.57 Å². The van der Waals surface area contributed by atoms with Crippen LogP contribution in [0, 0.1) is 0 Å². The number of nitrogens with one attached hydrogen (secondary N) is 2. The third-order valence-electron chi connectivity index (χ3n) is 3.37. The van der Waals surface area contributed by atoms with E-state index in [1.54, 1.807) is 25.2 Å². The lowest BCUT2D eigenvalue weighted by Gasteiger charge is -2.13. The number of aromatic amines is 1. The fraction of sp³-hybridized carbons (Fsp3) is 0.143. The van der Waals surface area contributed by atoms with Gasteiger partial charge in [0.15, 0.2) is 5.71 Å². The predicted octanol–water partition coefficient (Wildman–Crippen LogP) is -0.134. The number of fused-ring (bicyclic) bond motifs is 1. The van der Waals surface area contributed by atoms with E-state index < -0.39 is 11.2 Å². The summed E-state index contributed by atoms with van der Waals surface area (Å²) in [6.07, 6.45) is 0. The van der Waals surface area contributed by atoms with Gasteiger partial charge in [0, 0.05) is 25.7 Å². The van der Waals surface area contributed by atoms with Gasteiger partial charge in [-0.2, -0.15) is 5.10 Å². The van der Waals surface area contributed by atoms with Crippen LogP contribution >= 0.6 is 0 Å². The maximum atomic E-state index is 12.0. The Hall–Kier alpha value is -3.16. The van der Waals surface area contributed by atoms with Crippen molar-refractivity contribution in [3.05, 3.63) is 56.7 Å². The number of rotatable bonds is 2. The van der Waals surface area contributed by atoms with E-state index in [1.165, 1.54) is 18.1 Å². The van der Waals surface area contributed by atoms with Gasteiger partial charge in [0.2, 0.25) is 0 Å². The molecule has 8 nitrogen and oxygen atoms in total. The van der Waals surface area contributed by atoms with Crippen molar-refractivity contribution in [2.75, 3.05) is 17.4 Å². The summed E-state index contributed by atoms with van der Waals surface area (Å²) in [6, 6.07) is 8.39. The molecule has 0 saturated carbocycles. The zero-order valence-electron chi connectivity index (χ0n) is 12.0. The molecule has 112 valence electrons. The highest BCUT2D eigenvalue weighted by Gasteiger charge is 2.26. The van der Waals surface area contributed by atoms with Crippen LogP contribution in [0.15, 0.2) is 45.0 Å². The monoisotopic (exact) mass is 299 g/mol. The lowest BCUT2D eigenvalue weighted by Crippen LogP contribution is -2.34. The van der Waals surface area contributed by atoms with E-state index in [1.807, 2.05) is 6.07 Å². The Kier molecular flexibility index (Phi) is 3.13. The third-order valence-corrected chi connectivity index (χ3v) is 3.37. The van der Waals surface area contributed by atoms with Gasteiger partial charge in [-0.1, -0.05) is 18.2 Å². The lowest BCUT2D eigenvalue weighted by atomic mass is 10.1. The molecule has 8 heteroatoms. The number of anilines is 2. The Morgan fingerprint density at radius 2 is 1.91 bits per heavy atom. The lowest BCUT2D eigenvalue weighted by molar-refractivity contribution is -0.110. The molecular formula is C14H13N5O3. The van der Waals surface area contributed by atoms with Gasteiger partial charge in [-0.3, -0.25) is 24.1 Å². The average molecular weight is 299 g/mol. The maximum absolute atomic E-state index is 12.0. The number of hydrazone groups is 1. The number of carbonyl (C=O) groups is 1. The van der Waals surface area contributed by atoms with Gasteiger partial charge in [0.1, 0.15) is 5.82 Å². The zero-order valence-corrected chi connectivity index (χ0v) is 12.0. The molecule has 1 aliphatic heterocycles. The molecule has 3 rings (SSSR count). The molecule has 1 aliphatic rings. The second kappa shape index (κ2) is 4.99. The Labute approximate surface area is 124 Å². The number of hydrogen-bond donors (Lipinski definition) is 2. The summed E-state index contributed by atoms with van der Waals surface area (Å²) in [5, 5.41) is 8.19. The predicted molar refractivity (Wildman–Crippen MR) is 82.3 cm³/mol. The van der Waals surface area contributed by atoms with Crippen molar-refractivity contribution in [2.45, 2.75) is 0 Å². The third kappa shape index (κ3) is 2.20. The van der Waals surface area contributed by atoms with Crippen molar-refractivity contribution in [3.63, 3.8) is 0 Å². The summed E-state index contributed by atoms with van der Waals surface area (Å²) < 4.78 is 0.946. The summed E-state index contributed by atoms with van der Waals surface area (Å²) in [4.78, 5) is 37.8. The van der Waals surface area contributed by atoms with Crippen LogP contribution < -0.4 is 21.6 Å². The highest BCUT2D eigenvalue weighted by Crippen LogP contribution is 2.23. The number of para-hydroxylation sites is 1. The smallest absolute Gasteiger partial charge is 0.320 e. The van der Waals surface area contributed by atoms with Crippen LogP contribution in [-0.4, -0.2) is 28.2 Å². The molecule has 1 amide bonds. The molecule has 0 atom stereocenters. The SMILES string of the molecule is CN(/N=C1\C(=O)Nc2ccccc21)c1cc(=O)n(C)c(=O)[nH]1. The minimum atomic E-state index is -0.550. The first-order chi connectivity index (χ1) is 10.5. The first-order valence-electron chi connectivity index (χ1n) is 6.51. The van der Waals surface area contributed by atoms with Gasteiger partial charge in [-0.05, 0) is 6.07 Å². The fourth-order valence-corrected chi connectivity index (χ4v) is 2.12. The van der Waals surface area contributed by atoms with E-state index in [-0.39, 0.29) is 17.4 Å². The second-order valence-electron chi connectivity index (χ2n) is 4.83. The highest BCUT2D eigenvalue weighted by atomic mass is 16.2. The Bertz CT molecular complexity index is 878. The van der Waals surface area contributed by atoms with Crippen molar-refractivity contribution in [1.29, 1.82) is 0 Å². The van der Waals surface area contributed by atoms with Crippen LogP contribution in [0.3, 0.4) is 0 Å². The van der Waals surface area contributed by atoms with E-state index >= 15 is 0 Å². The van der Waals surface area contributed by atoms with Crippen LogP contribution in [0.2, 0.25) is 0 Å². The molecule has 2 heterocycles. The molecule has 0 spiro atoms. The van der Waals surface area contributed by atoms with Crippen LogP contribution in [0.1, 0.15) is 5.56 Å². The zero-order chi connectivity index (χ0) is 15.9. The summed E-state index contributed by atoms with van der Waals surface area (Å²) in [5.41, 5.74) is 0.565. The molecule has 2 N–H and O–H groups in total. The number of amides is 1. The highest BCUT2D eigenvalue weighted by molar-refractivity contribution is 6.53. The quantitative estimate of drug-likeness (QED) is 0.754. The second-order valence-corrected chi connectivity index (χ2v) is 4.83. The Morgan fingerprint density at radius 3 is 2.64 bits per heavy atom. The maximum Gasteiger partial charge on any atom is 0.329 e.